The number of aromatic hydroxyl groups is 1. The van der Waals surface area contributed by atoms with Crippen LogP contribution in [-0.2, 0) is 20.4 Å². The van der Waals surface area contributed by atoms with E-state index < -0.39 is 41.5 Å². The van der Waals surface area contributed by atoms with Gasteiger partial charge in [-0.05, 0) is 47.8 Å². The minimum atomic E-state index is -6.14. The molecular formula is C29H36ClF5N2O4. The molecule has 2 amide bonds. The van der Waals surface area contributed by atoms with Gasteiger partial charge in [-0.3, -0.25) is 9.59 Å². The second-order valence-electron chi connectivity index (χ2n) is 11.1. The Morgan fingerprint density at radius 3 is 2.00 bits per heavy atom. The highest BCUT2D eigenvalue weighted by atomic mass is 35.5. The Morgan fingerprint density at radius 2 is 1.49 bits per heavy atom. The van der Waals surface area contributed by atoms with Gasteiger partial charge in [-0.2, -0.15) is 22.0 Å². The first-order valence-corrected chi connectivity index (χ1v) is 13.5. The Bertz CT molecular complexity index is 1280. The van der Waals surface area contributed by atoms with Crippen LogP contribution in [0.25, 0.3) is 0 Å². The van der Waals surface area contributed by atoms with Crippen molar-refractivity contribution in [3.05, 3.63) is 46.5 Å². The molecule has 41 heavy (non-hydrogen) atoms. The zero-order valence-corrected chi connectivity index (χ0v) is 24.8. The molecule has 1 atom stereocenters. The number of benzene rings is 2. The molecule has 0 aromatic heterocycles. The van der Waals surface area contributed by atoms with Crippen molar-refractivity contribution in [1.29, 1.82) is 0 Å². The third kappa shape index (κ3) is 7.61. The summed E-state index contributed by atoms with van der Waals surface area (Å²) in [5, 5.41) is 13.6. The monoisotopic (exact) mass is 606 g/mol. The number of hydrogen-bond acceptors (Lipinski definition) is 4. The van der Waals surface area contributed by atoms with Crippen molar-refractivity contribution >= 4 is 34.8 Å². The summed E-state index contributed by atoms with van der Waals surface area (Å²) in [6.45, 7) is 14.3. The van der Waals surface area contributed by atoms with Crippen molar-refractivity contribution in [3.63, 3.8) is 0 Å². The van der Waals surface area contributed by atoms with E-state index in [1.165, 1.54) is 5.32 Å². The van der Waals surface area contributed by atoms with Gasteiger partial charge in [0.2, 0.25) is 0 Å². The molecule has 1 unspecified atom stereocenters. The molecule has 0 heterocycles. The number of alkyl halides is 5. The summed E-state index contributed by atoms with van der Waals surface area (Å²) in [7, 11) is 0. The van der Waals surface area contributed by atoms with Crippen LogP contribution in [0.15, 0.2) is 30.3 Å². The first kappa shape index (κ1) is 34.1. The molecule has 3 N–H and O–H groups in total. The third-order valence-electron chi connectivity index (χ3n) is 7.42. The number of carbonyl (C=O) groups is 2. The highest BCUT2D eigenvalue weighted by Gasteiger charge is 2.63. The molecule has 12 heteroatoms. The van der Waals surface area contributed by atoms with Crippen LogP contribution in [0.1, 0.15) is 78.9 Å². The lowest BCUT2D eigenvalue weighted by atomic mass is 9.76. The molecule has 2 aromatic rings. The highest BCUT2D eigenvalue weighted by Crippen LogP contribution is 2.41. The van der Waals surface area contributed by atoms with Crippen molar-refractivity contribution in [2.24, 2.45) is 0 Å². The molecule has 0 aliphatic carbocycles. The van der Waals surface area contributed by atoms with Crippen LogP contribution in [0.5, 0.6) is 11.5 Å². The maximum Gasteiger partial charge on any atom is 0.463 e. The minimum Gasteiger partial charge on any atom is -0.506 e. The second kappa shape index (κ2) is 12.4. The van der Waals surface area contributed by atoms with Gasteiger partial charge in [-0.15, -0.1) is 0 Å². The smallest absolute Gasteiger partial charge is 0.463 e. The number of anilines is 2. The van der Waals surface area contributed by atoms with Gasteiger partial charge in [-0.1, -0.05) is 72.2 Å². The number of rotatable bonds is 11. The quantitative estimate of drug-likeness (QED) is 0.177. The fraction of sp³-hybridized carbons (Fsp3) is 0.517. The van der Waals surface area contributed by atoms with Gasteiger partial charge < -0.3 is 20.5 Å². The van der Waals surface area contributed by atoms with E-state index in [9.17, 15) is 36.6 Å². The van der Waals surface area contributed by atoms with Crippen molar-refractivity contribution < 1.29 is 41.4 Å². The molecule has 0 saturated carbocycles. The Labute approximate surface area is 241 Å². The maximum absolute atomic E-state index is 13.3. The average Bonchev–Trinajstić information content (AvgIpc) is 2.89. The normalized spacial score (nSPS) is 13.5. The standard InChI is InChI=1S/C29H36ClF5N2O4/c1-8-22(41-23-12-11-16(26(4,5)9-2)13-17(23)27(6,7)10-3)24(39)36-19-15-21(38)20(14-18(19)30)37-25(40)28(31,32)29(33,34)35/h11-15,22,38H,8-10H2,1-7H3,(H,36,39)(H,37,40). The van der Waals surface area contributed by atoms with E-state index >= 15 is 0 Å². The lowest BCUT2D eigenvalue weighted by molar-refractivity contribution is -0.267. The van der Waals surface area contributed by atoms with Gasteiger partial charge in [0.05, 0.1) is 16.4 Å². The topological polar surface area (TPSA) is 87.7 Å². The summed E-state index contributed by atoms with van der Waals surface area (Å²) in [6.07, 6.45) is -5.19. The first-order valence-electron chi connectivity index (χ1n) is 13.1. The van der Waals surface area contributed by atoms with Gasteiger partial charge >= 0.3 is 18.0 Å². The molecule has 0 spiro atoms. The molecule has 0 aliphatic heterocycles. The molecular weight excluding hydrogens is 571 g/mol. The molecule has 6 nitrogen and oxygen atoms in total. The van der Waals surface area contributed by atoms with E-state index in [4.69, 9.17) is 16.3 Å². The number of phenols is 1. The predicted molar refractivity (Wildman–Crippen MR) is 149 cm³/mol. The molecule has 0 bridgehead atoms. The zero-order chi connectivity index (χ0) is 31.6. The van der Waals surface area contributed by atoms with Crippen molar-refractivity contribution in [1.82, 2.24) is 0 Å². The second-order valence-corrected chi connectivity index (χ2v) is 11.5. The summed E-state index contributed by atoms with van der Waals surface area (Å²) in [6, 6.07) is 7.46. The van der Waals surface area contributed by atoms with Gasteiger partial charge in [-0.25, -0.2) is 0 Å². The molecule has 0 saturated heterocycles. The summed E-state index contributed by atoms with van der Waals surface area (Å²) >= 11 is 6.09. The Kier molecular flexibility index (Phi) is 10.3. The third-order valence-corrected chi connectivity index (χ3v) is 7.74. The van der Waals surface area contributed by atoms with Crippen LogP contribution in [0.4, 0.5) is 33.3 Å². The minimum absolute atomic E-state index is 0.0777. The van der Waals surface area contributed by atoms with E-state index in [0.29, 0.717) is 5.75 Å². The van der Waals surface area contributed by atoms with Crippen LogP contribution in [0, 0.1) is 0 Å². The van der Waals surface area contributed by atoms with Crippen molar-refractivity contribution in [2.75, 3.05) is 10.6 Å². The molecule has 228 valence electrons. The zero-order valence-electron chi connectivity index (χ0n) is 24.0. The first-order chi connectivity index (χ1) is 18.7. The number of nitrogens with one attached hydrogen (secondary N) is 2. The molecule has 2 rings (SSSR count). The van der Waals surface area contributed by atoms with Gasteiger partial charge in [0.1, 0.15) is 11.5 Å². The Balaban J connectivity index is 2.33. The molecule has 0 aliphatic rings. The molecule has 0 fully saturated rings. The van der Waals surface area contributed by atoms with Crippen LogP contribution >= 0.6 is 11.6 Å². The molecule has 2 aromatic carbocycles. The fourth-order valence-corrected chi connectivity index (χ4v) is 3.96. The summed E-state index contributed by atoms with van der Waals surface area (Å²) < 4.78 is 70.2. The van der Waals surface area contributed by atoms with Gasteiger partial charge in [0.25, 0.3) is 5.91 Å². The number of hydrogen-bond donors (Lipinski definition) is 3. The maximum atomic E-state index is 13.3. The highest BCUT2D eigenvalue weighted by molar-refractivity contribution is 6.34. The number of phenolic OH excluding ortho intramolecular Hbond substituents is 1. The van der Waals surface area contributed by atoms with E-state index in [0.717, 1.165) is 36.1 Å². The van der Waals surface area contributed by atoms with Crippen LogP contribution < -0.4 is 15.4 Å². The van der Waals surface area contributed by atoms with E-state index in [-0.39, 0.29) is 28.0 Å². The van der Waals surface area contributed by atoms with E-state index in [1.807, 2.05) is 12.1 Å². The summed E-state index contributed by atoms with van der Waals surface area (Å²) in [4.78, 5) is 24.6. The number of halogens is 6. The summed E-state index contributed by atoms with van der Waals surface area (Å²) in [5.74, 6) is -9.43. The van der Waals surface area contributed by atoms with Gasteiger partial charge in [0, 0.05) is 11.6 Å². The average molecular weight is 607 g/mol. The number of ether oxygens (including phenoxy) is 1. The van der Waals surface area contributed by atoms with E-state index in [2.05, 4.69) is 52.9 Å². The SMILES string of the molecule is CCC(Oc1ccc(C(C)(C)CC)cc1C(C)(C)CC)C(=O)Nc1cc(O)c(NC(=O)C(F)(F)C(F)(F)F)cc1Cl. The van der Waals surface area contributed by atoms with Crippen molar-refractivity contribution in [3.8, 4) is 11.5 Å². The lowest BCUT2D eigenvalue weighted by Gasteiger charge is -2.31. The number of carbonyl (C=O) groups excluding carboxylic acids is 2. The Hall–Kier alpha value is -3.08. The van der Waals surface area contributed by atoms with Crippen LogP contribution in [-0.4, -0.2) is 35.1 Å². The van der Waals surface area contributed by atoms with Crippen molar-refractivity contribution in [2.45, 2.75) is 96.8 Å². The summed E-state index contributed by atoms with van der Waals surface area (Å²) in [5.41, 5.74) is 0.728. The van der Waals surface area contributed by atoms with Crippen LogP contribution in [0.2, 0.25) is 5.02 Å². The lowest BCUT2D eigenvalue weighted by Crippen LogP contribution is -2.47. The fourth-order valence-electron chi connectivity index (χ4n) is 3.75. The predicted octanol–water partition coefficient (Wildman–Crippen LogP) is 8.35. The van der Waals surface area contributed by atoms with Gasteiger partial charge in [0.15, 0.2) is 6.10 Å². The number of amides is 2. The van der Waals surface area contributed by atoms with Crippen LogP contribution in [0.3, 0.4) is 0 Å². The largest absolute Gasteiger partial charge is 0.506 e. The molecule has 0 radical (unpaired) electrons. The Morgan fingerprint density at radius 1 is 0.902 bits per heavy atom. The van der Waals surface area contributed by atoms with E-state index in [1.54, 1.807) is 6.92 Å².